The van der Waals surface area contributed by atoms with Gasteiger partial charge in [0.15, 0.2) is 0 Å². The van der Waals surface area contributed by atoms with E-state index in [0.29, 0.717) is 25.6 Å². The van der Waals surface area contributed by atoms with E-state index in [9.17, 15) is 8.42 Å². The maximum atomic E-state index is 11.9. The fourth-order valence-electron chi connectivity index (χ4n) is 2.40. The minimum Gasteiger partial charge on any atom is -0.351 e. The molecule has 2 heterocycles. The van der Waals surface area contributed by atoms with Crippen molar-refractivity contribution in [3.05, 3.63) is 24.5 Å². The van der Waals surface area contributed by atoms with Crippen molar-refractivity contribution >= 4 is 10.0 Å². The zero-order chi connectivity index (χ0) is 12.3. The van der Waals surface area contributed by atoms with Gasteiger partial charge in [-0.15, -0.1) is 0 Å². The molecule has 0 aliphatic carbocycles. The van der Waals surface area contributed by atoms with Gasteiger partial charge in [0.05, 0.1) is 5.75 Å². The Hall–Kier alpha value is -0.810. The molecule has 1 aliphatic rings. The summed E-state index contributed by atoms with van der Waals surface area (Å²) in [6, 6.07) is 4.48. The lowest BCUT2D eigenvalue weighted by Gasteiger charge is -2.31. The predicted octanol–water partition coefficient (Wildman–Crippen LogP) is 1.86. The first-order chi connectivity index (χ1) is 8.13. The molecule has 2 rings (SSSR count). The molecular formula is C12H20N2O2S. The van der Waals surface area contributed by atoms with Gasteiger partial charge >= 0.3 is 0 Å². The van der Waals surface area contributed by atoms with E-state index in [2.05, 4.69) is 17.0 Å². The molecule has 1 aromatic rings. The molecule has 0 N–H and O–H groups in total. The van der Waals surface area contributed by atoms with Crippen LogP contribution in [0.1, 0.15) is 32.2 Å². The first kappa shape index (κ1) is 12.6. The number of hydrogen-bond donors (Lipinski definition) is 0. The molecule has 1 aliphatic heterocycles. The van der Waals surface area contributed by atoms with E-state index in [-0.39, 0.29) is 5.75 Å². The van der Waals surface area contributed by atoms with Crippen LogP contribution in [0.5, 0.6) is 0 Å². The highest BCUT2D eigenvalue weighted by Crippen LogP contribution is 2.24. The van der Waals surface area contributed by atoms with Crippen molar-refractivity contribution in [2.75, 3.05) is 18.8 Å². The number of sulfonamides is 1. The number of rotatable bonds is 4. The molecule has 0 unspecified atom stereocenters. The van der Waals surface area contributed by atoms with Gasteiger partial charge in [-0.3, -0.25) is 0 Å². The number of aromatic nitrogens is 1. The van der Waals surface area contributed by atoms with Crippen LogP contribution in [0.15, 0.2) is 24.5 Å². The van der Waals surface area contributed by atoms with Gasteiger partial charge in [0.25, 0.3) is 0 Å². The second kappa shape index (κ2) is 5.23. The smallest absolute Gasteiger partial charge is 0.214 e. The van der Waals surface area contributed by atoms with E-state index in [1.165, 1.54) is 0 Å². The molecule has 0 spiro atoms. The minimum absolute atomic E-state index is 0.279. The average molecular weight is 256 g/mol. The fourth-order valence-corrected chi connectivity index (χ4v) is 3.94. The summed E-state index contributed by atoms with van der Waals surface area (Å²) in [5.74, 6) is 0.279. The third-order valence-electron chi connectivity index (χ3n) is 3.33. The summed E-state index contributed by atoms with van der Waals surface area (Å²) in [5.41, 5.74) is 0. The van der Waals surface area contributed by atoms with Crippen LogP contribution in [-0.4, -0.2) is 36.1 Å². The lowest BCUT2D eigenvalue weighted by atomic mass is 10.1. The fraction of sp³-hybridized carbons (Fsp3) is 0.667. The Labute approximate surface area is 103 Å². The molecule has 0 aromatic carbocycles. The highest BCUT2D eigenvalue weighted by Gasteiger charge is 2.27. The van der Waals surface area contributed by atoms with Crippen molar-refractivity contribution in [2.24, 2.45) is 0 Å². The molecule has 1 fully saturated rings. The van der Waals surface area contributed by atoms with Gasteiger partial charge in [-0.1, -0.05) is 6.92 Å². The molecule has 0 bridgehead atoms. The normalized spacial score (nSPS) is 19.6. The van der Waals surface area contributed by atoms with Crippen molar-refractivity contribution < 1.29 is 8.42 Å². The van der Waals surface area contributed by atoms with Crippen molar-refractivity contribution in [1.82, 2.24) is 8.87 Å². The topological polar surface area (TPSA) is 42.3 Å². The van der Waals surface area contributed by atoms with Crippen LogP contribution >= 0.6 is 0 Å². The molecule has 4 nitrogen and oxygen atoms in total. The van der Waals surface area contributed by atoms with Crippen molar-refractivity contribution in [1.29, 1.82) is 0 Å². The monoisotopic (exact) mass is 256 g/mol. The zero-order valence-corrected chi connectivity index (χ0v) is 11.1. The van der Waals surface area contributed by atoms with Crippen LogP contribution in [0.3, 0.4) is 0 Å². The second-order valence-electron chi connectivity index (χ2n) is 4.58. The molecule has 1 aromatic heterocycles. The molecule has 0 radical (unpaired) electrons. The van der Waals surface area contributed by atoms with Crippen LogP contribution in [0, 0.1) is 0 Å². The van der Waals surface area contributed by atoms with Gasteiger partial charge in [-0.05, 0) is 31.4 Å². The van der Waals surface area contributed by atoms with Gasteiger partial charge < -0.3 is 4.57 Å². The van der Waals surface area contributed by atoms with E-state index in [0.717, 1.165) is 12.8 Å². The van der Waals surface area contributed by atoms with Crippen LogP contribution in [0.25, 0.3) is 0 Å². The molecule has 5 heteroatoms. The predicted molar refractivity (Wildman–Crippen MR) is 68.4 cm³/mol. The molecular weight excluding hydrogens is 236 g/mol. The molecule has 1 saturated heterocycles. The summed E-state index contributed by atoms with van der Waals surface area (Å²) in [6.45, 7) is 3.22. The Morgan fingerprint density at radius 1 is 1.18 bits per heavy atom. The van der Waals surface area contributed by atoms with Crippen LogP contribution in [-0.2, 0) is 10.0 Å². The largest absolute Gasteiger partial charge is 0.351 e. The summed E-state index contributed by atoms with van der Waals surface area (Å²) in [7, 11) is -3.00. The summed E-state index contributed by atoms with van der Waals surface area (Å²) in [6.07, 6.45) is 6.64. The lowest BCUT2D eigenvalue weighted by molar-refractivity contribution is 0.274. The Balaban J connectivity index is 1.94. The molecule has 0 amide bonds. The zero-order valence-electron chi connectivity index (χ0n) is 10.2. The third-order valence-corrected chi connectivity index (χ3v) is 5.40. The highest BCUT2D eigenvalue weighted by atomic mass is 32.2. The Bertz CT molecular complexity index is 431. The Morgan fingerprint density at radius 3 is 2.29 bits per heavy atom. The maximum Gasteiger partial charge on any atom is 0.214 e. The first-order valence-corrected chi connectivity index (χ1v) is 7.84. The minimum atomic E-state index is -3.00. The first-order valence-electron chi connectivity index (χ1n) is 6.24. The van der Waals surface area contributed by atoms with E-state index in [4.69, 9.17) is 0 Å². The molecule has 0 saturated carbocycles. The summed E-state index contributed by atoms with van der Waals surface area (Å²) in [4.78, 5) is 0. The van der Waals surface area contributed by atoms with Gasteiger partial charge in [0.2, 0.25) is 10.0 Å². The maximum absolute atomic E-state index is 11.9. The second-order valence-corrected chi connectivity index (χ2v) is 6.66. The average Bonchev–Trinajstić information content (AvgIpc) is 2.82. The van der Waals surface area contributed by atoms with Gasteiger partial charge in [-0.25, -0.2) is 12.7 Å². The van der Waals surface area contributed by atoms with E-state index in [1.54, 1.807) is 4.31 Å². The third kappa shape index (κ3) is 2.90. The quantitative estimate of drug-likeness (QED) is 0.825. The molecule has 0 atom stereocenters. The number of piperidine rings is 1. The number of hydrogen-bond acceptors (Lipinski definition) is 2. The summed E-state index contributed by atoms with van der Waals surface area (Å²) < 4.78 is 27.6. The number of nitrogens with zero attached hydrogens (tertiary/aromatic N) is 2. The standard InChI is InChI=1S/C12H20N2O2S/c1-2-11-17(15,16)14-9-5-12(6-10-14)13-7-3-4-8-13/h3-4,7-8,12H,2,5-6,9-11H2,1H3. The van der Waals surface area contributed by atoms with Gasteiger partial charge in [-0.2, -0.15) is 0 Å². The molecule has 17 heavy (non-hydrogen) atoms. The van der Waals surface area contributed by atoms with Crippen molar-refractivity contribution in [3.63, 3.8) is 0 Å². The Kier molecular flexibility index (Phi) is 3.89. The summed E-state index contributed by atoms with van der Waals surface area (Å²) in [5, 5.41) is 0. The van der Waals surface area contributed by atoms with Crippen LogP contribution < -0.4 is 0 Å². The highest BCUT2D eigenvalue weighted by molar-refractivity contribution is 7.89. The van der Waals surface area contributed by atoms with Crippen molar-refractivity contribution in [2.45, 2.75) is 32.2 Å². The summed E-state index contributed by atoms with van der Waals surface area (Å²) >= 11 is 0. The van der Waals surface area contributed by atoms with Gasteiger partial charge in [0.1, 0.15) is 0 Å². The Morgan fingerprint density at radius 2 is 1.76 bits per heavy atom. The van der Waals surface area contributed by atoms with Gasteiger partial charge in [0, 0.05) is 31.5 Å². The van der Waals surface area contributed by atoms with Crippen LogP contribution in [0.4, 0.5) is 0 Å². The molecule has 96 valence electrons. The lowest BCUT2D eigenvalue weighted by Crippen LogP contribution is -2.40. The van der Waals surface area contributed by atoms with E-state index in [1.807, 2.05) is 19.1 Å². The SMILES string of the molecule is CCCS(=O)(=O)N1CCC(n2cccc2)CC1. The van der Waals surface area contributed by atoms with Crippen molar-refractivity contribution in [3.8, 4) is 0 Å². The van der Waals surface area contributed by atoms with Crippen LogP contribution in [0.2, 0.25) is 0 Å². The van der Waals surface area contributed by atoms with E-state index < -0.39 is 10.0 Å². The van der Waals surface area contributed by atoms with E-state index >= 15 is 0 Å².